The van der Waals surface area contributed by atoms with Crippen LogP contribution in [0.1, 0.15) is 39.0 Å². The molecular weight excluding hydrogens is 392 g/mol. The molecule has 0 bridgehead atoms. The lowest BCUT2D eigenvalue weighted by Crippen LogP contribution is -2.64. The van der Waals surface area contributed by atoms with Gasteiger partial charge in [-0.05, 0) is 50.8 Å². The second-order valence-corrected chi connectivity index (χ2v) is 9.66. The first kappa shape index (κ1) is 23.0. The van der Waals surface area contributed by atoms with Crippen LogP contribution in [-0.2, 0) is 9.53 Å². The Morgan fingerprint density at radius 2 is 2.07 bits per heavy atom. The molecule has 4 N–H and O–H groups in total. The topological polar surface area (TPSA) is 102 Å². The Labute approximate surface area is 177 Å². The van der Waals surface area contributed by atoms with E-state index in [1.165, 1.54) is 11.8 Å². The van der Waals surface area contributed by atoms with E-state index in [1.807, 2.05) is 7.05 Å². The summed E-state index contributed by atoms with van der Waals surface area (Å²) in [4.78, 5) is 15.3. The van der Waals surface area contributed by atoms with Crippen LogP contribution in [0.15, 0.2) is 12.2 Å². The Kier molecular flexibility index (Phi) is 8.03. The van der Waals surface area contributed by atoms with Crippen molar-refractivity contribution < 1.29 is 24.9 Å². The number of thioether (sulfide) groups is 1. The number of hydrogen-bond acceptors (Lipinski definition) is 7. The monoisotopic (exact) mass is 428 g/mol. The van der Waals surface area contributed by atoms with Gasteiger partial charge in [-0.15, -0.1) is 11.8 Å². The molecule has 166 valence electrons. The third kappa shape index (κ3) is 4.99. The Morgan fingerprint density at radius 1 is 1.31 bits per heavy atom. The summed E-state index contributed by atoms with van der Waals surface area (Å²) >= 11 is 1.29. The van der Waals surface area contributed by atoms with Gasteiger partial charge in [0.2, 0.25) is 5.91 Å². The summed E-state index contributed by atoms with van der Waals surface area (Å²) in [5.74, 6) is 0.509. The van der Waals surface area contributed by atoms with Crippen molar-refractivity contribution in [1.29, 1.82) is 0 Å². The molecule has 0 aromatic heterocycles. The molecule has 3 aliphatic rings. The van der Waals surface area contributed by atoms with Gasteiger partial charge in [0.1, 0.15) is 29.9 Å². The van der Waals surface area contributed by atoms with Crippen LogP contribution in [0.4, 0.5) is 0 Å². The van der Waals surface area contributed by atoms with Crippen LogP contribution >= 0.6 is 11.8 Å². The first-order valence-corrected chi connectivity index (χ1v) is 12.1. The molecule has 2 saturated heterocycles. The zero-order chi connectivity index (χ0) is 21.1. The fraction of sp³-hybridized carbons (Fsp3) is 0.857. The van der Waals surface area contributed by atoms with E-state index in [0.717, 1.165) is 38.6 Å². The average molecular weight is 429 g/mol. The van der Waals surface area contributed by atoms with E-state index in [1.54, 1.807) is 6.26 Å². The van der Waals surface area contributed by atoms with Crippen molar-refractivity contribution in [3.8, 4) is 0 Å². The summed E-state index contributed by atoms with van der Waals surface area (Å²) in [7, 11) is 1.99. The molecule has 0 aromatic rings. The standard InChI is InChI=1S/C21H36N2O5S/c1-4-7-12-10-14(23(2)11-12)20(27)22-15(13-8-5-6-9-13)19-17(25)16(24)18(26)21(28-19)29-3/h5,8,12-19,21,24-26H,4,6-7,9-11H2,1-3H3,(H,22,27)/t12-,13+,14+,15-,16-,17?,18-,19-,21?/m1/s1. The predicted octanol–water partition coefficient (Wildman–Crippen LogP) is 0.728. The molecule has 8 heteroatoms. The molecule has 0 saturated carbocycles. The molecule has 0 aromatic carbocycles. The normalized spacial score (nSPS) is 41.6. The van der Waals surface area contributed by atoms with Crippen LogP contribution in [0.2, 0.25) is 0 Å². The number of aliphatic hydroxyl groups excluding tert-OH is 3. The fourth-order valence-electron chi connectivity index (χ4n) is 5.04. The highest BCUT2D eigenvalue weighted by Crippen LogP contribution is 2.34. The van der Waals surface area contributed by atoms with Crippen LogP contribution in [0.25, 0.3) is 0 Å². The predicted molar refractivity (Wildman–Crippen MR) is 113 cm³/mol. The maximum atomic E-state index is 13.2. The first-order valence-electron chi connectivity index (χ1n) is 10.8. The molecule has 1 amide bonds. The van der Waals surface area contributed by atoms with E-state index in [4.69, 9.17) is 4.74 Å². The lowest BCUT2D eigenvalue weighted by atomic mass is 9.86. The zero-order valence-electron chi connectivity index (χ0n) is 17.6. The van der Waals surface area contributed by atoms with Crippen LogP contribution in [0.3, 0.4) is 0 Å². The van der Waals surface area contributed by atoms with Gasteiger partial charge in [0.25, 0.3) is 0 Å². The van der Waals surface area contributed by atoms with Crippen molar-refractivity contribution in [1.82, 2.24) is 10.2 Å². The molecule has 2 unspecified atom stereocenters. The Bertz CT molecular complexity index is 589. The highest BCUT2D eigenvalue weighted by atomic mass is 32.2. The minimum Gasteiger partial charge on any atom is -0.388 e. The molecule has 2 heterocycles. The highest BCUT2D eigenvalue weighted by Gasteiger charge is 2.49. The fourth-order valence-corrected chi connectivity index (χ4v) is 5.72. The van der Waals surface area contributed by atoms with Gasteiger partial charge in [-0.3, -0.25) is 9.69 Å². The average Bonchev–Trinajstić information content (AvgIpc) is 3.35. The van der Waals surface area contributed by atoms with Gasteiger partial charge in [-0.2, -0.15) is 0 Å². The number of amides is 1. The lowest BCUT2D eigenvalue weighted by molar-refractivity contribution is -0.207. The van der Waals surface area contributed by atoms with Crippen LogP contribution in [-0.4, -0.2) is 87.9 Å². The first-order chi connectivity index (χ1) is 13.9. The summed E-state index contributed by atoms with van der Waals surface area (Å²) in [5.41, 5.74) is -0.647. The molecule has 1 aliphatic carbocycles. The highest BCUT2D eigenvalue weighted by molar-refractivity contribution is 7.99. The number of carbonyl (C=O) groups excluding carboxylic acids is 1. The summed E-state index contributed by atoms with van der Waals surface area (Å²) in [6.07, 6.45) is 6.27. The molecule has 0 spiro atoms. The number of rotatable bonds is 7. The summed E-state index contributed by atoms with van der Waals surface area (Å²) < 4.78 is 6.00. The summed E-state index contributed by atoms with van der Waals surface area (Å²) in [6, 6.07) is -0.640. The number of aliphatic hydroxyl groups is 3. The molecular formula is C21H36N2O5S. The van der Waals surface area contributed by atoms with Gasteiger partial charge in [0, 0.05) is 6.54 Å². The van der Waals surface area contributed by atoms with Gasteiger partial charge in [0.05, 0.1) is 12.1 Å². The van der Waals surface area contributed by atoms with E-state index in [0.29, 0.717) is 5.92 Å². The molecule has 9 atom stereocenters. The van der Waals surface area contributed by atoms with Crippen molar-refractivity contribution in [2.24, 2.45) is 11.8 Å². The van der Waals surface area contributed by atoms with Crippen molar-refractivity contribution in [2.75, 3.05) is 19.8 Å². The van der Waals surface area contributed by atoms with E-state index < -0.39 is 35.9 Å². The Morgan fingerprint density at radius 3 is 2.69 bits per heavy atom. The van der Waals surface area contributed by atoms with Crippen molar-refractivity contribution in [3.63, 3.8) is 0 Å². The number of carbonyl (C=O) groups is 1. The van der Waals surface area contributed by atoms with Crippen molar-refractivity contribution in [2.45, 2.75) is 81.0 Å². The minimum atomic E-state index is -1.31. The van der Waals surface area contributed by atoms with Gasteiger partial charge in [-0.25, -0.2) is 0 Å². The number of nitrogens with one attached hydrogen (secondary N) is 1. The van der Waals surface area contributed by atoms with E-state index in [-0.39, 0.29) is 17.9 Å². The number of nitrogens with zero attached hydrogens (tertiary/aromatic N) is 1. The second-order valence-electron chi connectivity index (χ2n) is 8.73. The van der Waals surface area contributed by atoms with Crippen LogP contribution in [0, 0.1) is 11.8 Å². The molecule has 29 heavy (non-hydrogen) atoms. The van der Waals surface area contributed by atoms with Gasteiger partial charge in [-0.1, -0.05) is 25.5 Å². The third-order valence-electron chi connectivity index (χ3n) is 6.65. The second kappa shape index (κ2) is 10.1. The molecule has 0 radical (unpaired) electrons. The SMILES string of the molecule is CCC[C@@H]1C[C@@H](C(=O)N[C@H]([C@H]2C=CCC2)[C@H]2OC(SC)[C@H](O)[C@H](O)C2O)N(C)C1. The van der Waals surface area contributed by atoms with Gasteiger partial charge in [0.15, 0.2) is 0 Å². The zero-order valence-corrected chi connectivity index (χ0v) is 18.4. The Balaban J connectivity index is 1.75. The van der Waals surface area contributed by atoms with E-state index in [9.17, 15) is 20.1 Å². The maximum absolute atomic E-state index is 13.2. The minimum absolute atomic E-state index is 0.0293. The maximum Gasteiger partial charge on any atom is 0.237 e. The lowest BCUT2D eigenvalue weighted by Gasteiger charge is -2.44. The van der Waals surface area contributed by atoms with E-state index in [2.05, 4.69) is 29.3 Å². The largest absolute Gasteiger partial charge is 0.388 e. The smallest absolute Gasteiger partial charge is 0.237 e. The molecule has 3 rings (SSSR count). The molecule has 7 nitrogen and oxygen atoms in total. The number of hydrogen-bond donors (Lipinski definition) is 4. The van der Waals surface area contributed by atoms with Crippen molar-refractivity contribution >= 4 is 17.7 Å². The quantitative estimate of drug-likeness (QED) is 0.443. The summed E-state index contributed by atoms with van der Waals surface area (Å²) in [6.45, 7) is 3.08. The number of likely N-dealkylation sites (tertiary alicyclic amines) is 1. The number of ether oxygens (including phenoxy) is 1. The van der Waals surface area contributed by atoms with Crippen LogP contribution < -0.4 is 5.32 Å². The van der Waals surface area contributed by atoms with Crippen molar-refractivity contribution in [3.05, 3.63) is 12.2 Å². The van der Waals surface area contributed by atoms with Gasteiger partial charge < -0.3 is 25.4 Å². The Hall–Kier alpha value is -0.640. The number of allylic oxidation sites excluding steroid dienone is 1. The summed E-state index contributed by atoms with van der Waals surface area (Å²) in [5, 5.41) is 34.4. The third-order valence-corrected chi connectivity index (χ3v) is 7.50. The van der Waals surface area contributed by atoms with Crippen LogP contribution in [0.5, 0.6) is 0 Å². The molecule has 2 fully saturated rings. The number of likely N-dealkylation sites (N-methyl/N-ethyl adjacent to an activating group) is 1. The van der Waals surface area contributed by atoms with E-state index >= 15 is 0 Å². The van der Waals surface area contributed by atoms with Gasteiger partial charge >= 0.3 is 0 Å². The molecule has 2 aliphatic heterocycles.